The highest BCUT2D eigenvalue weighted by Crippen LogP contribution is 2.23. The molecule has 1 fully saturated rings. The van der Waals surface area contributed by atoms with E-state index in [1.807, 2.05) is 0 Å². The van der Waals surface area contributed by atoms with Gasteiger partial charge in [-0.1, -0.05) is 6.92 Å². The van der Waals surface area contributed by atoms with Crippen LogP contribution < -0.4 is 15.5 Å². The number of anilines is 4. The molecule has 0 unspecified atom stereocenters. The SMILES string of the molecule is CCCNc1ncnc2nc(Nc3ccc(N4CCOCC4)cc3)[nH]c12. The summed E-state index contributed by atoms with van der Waals surface area (Å²) in [7, 11) is 0. The van der Waals surface area contributed by atoms with E-state index in [0.717, 1.165) is 56.3 Å². The molecule has 1 aromatic carbocycles. The summed E-state index contributed by atoms with van der Waals surface area (Å²) >= 11 is 0. The quantitative estimate of drug-likeness (QED) is 0.627. The zero-order valence-electron chi connectivity index (χ0n) is 14.8. The van der Waals surface area contributed by atoms with Crippen LogP contribution in [0.2, 0.25) is 0 Å². The van der Waals surface area contributed by atoms with E-state index in [0.29, 0.717) is 11.6 Å². The van der Waals surface area contributed by atoms with Crippen LogP contribution in [0.4, 0.5) is 23.1 Å². The van der Waals surface area contributed by atoms with Crippen molar-refractivity contribution in [3.8, 4) is 0 Å². The van der Waals surface area contributed by atoms with Gasteiger partial charge in [0.15, 0.2) is 11.5 Å². The van der Waals surface area contributed by atoms with Gasteiger partial charge in [-0.2, -0.15) is 4.98 Å². The standard InChI is InChI=1S/C18H23N7O/c1-2-7-19-16-15-17(21-12-20-16)24-18(23-15)22-13-3-5-14(6-4-13)25-8-10-26-11-9-25/h3-6,12H,2,7-11H2,1H3,(H3,19,20,21,22,23,24). The normalized spacial score (nSPS) is 14.6. The number of rotatable bonds is 6. The molecule has 3 N–H and O–H groups in total. The van der Waals surface area contributed by atoms with Crippen molar-refractivity contribution in [3.05, 3.63) is 30.6 Å². The van der Waals surface area contributed by atoms with E-state index in [1.165, 1.54) is 12.0 Å². The van der Waals surface area contributed by atoms with Gasteiger partial charge in [-0.05, 0) is 30.7 Å². The summed E-state index contributed by atoms with van der Waals surface area (Å²) in [5.74, 6) is 1.43. The molecule has 2 aromatic heterocycles. The number of benzene rings is 1. The van der Waals surface area contributed by atoms with Crippen molar-refractivity contribution >= 4 is 34.3 Å². The number of ether oxygens (including phenoxy) is 1. The molecule has 1 aliphatic rings. The molecule has 0 aliphatic carbocycles. The van der Waals surface area contributed by atoms with Crippen LogP contribution in [0.3, 0.4) is 0 Å². The van der Waals surface area contributed by atoms with Gasteiger partial charge >= 0.3 is 0 Å². The average molecular weight is 353 g/mol. The van der Waals surface area contributed by atoms with Gasteiger partial charge in [0, 0.05) is 31.0 Å². The van der Waals surface area contributed by atoms with Crippen molar-refractivity contribution in [2.24, 2.45) is 0 Å². The summed E-state index contributed by atoms with van der Waals surface area (Å²) < 4.78 is 5.40. The van der Waals surface area contributed by atoms with E-state index in [-0.39, 0.29) is 0 Å². The van der Waals surface area contributed by atoms with Crippen LogP contribution >= 0.6 is 0 Å². The molecule has 1 aliphatic heterocycles. The van der Waals surface area contributed by atoms with Gasteiger partial charge in [-0.15, -0.1) is 0 Å². The van der Waals surface area contributed by atoms with Crippen LogP contribution in [0.5, 0.6) is 0 Å². The van der Waals surface area contributed by atoms with Crippen LogP contribution in [-0.4, -0.2) is 52.8 Å². The first-order chi connectivity index (χ1) is 12.8. The van der Waals surface area contributed by atoms with Gasteiger partial charge in [-0.25, -0.2) is 9.97 Å². The topological polar surface area (TPSA) is 91.0 Å². The molecule has 8 nitrogen and oxygen atoms in total. The lowest BCUT2D eigenvalue weighted by atomic mass is 10.2. The second-order valence-corrected chi connectivity index (χ2v) is 6.20. The third-order valence-corrected chi connectivity index (χ3v) is 4.34. The summed E-state index contributed by atoms with van der Waals surface area (Å²) in [5.41, 5.74) is 3.64. The molecule has 0 amide bonds. The maximum atomic E-state index is 5.40. The van der Waals surface area contributed by atoms with Gasteiger partial charge in [0.25, 0.3) is 0 Å². The lowest BCUT2D eigenvalue weighted by Crippen LogP contribution is -2.36. The fourth-order valence-electron chi connectivity index (χ4n) is 2.98. The smallest absolute Gasteiger partial charge is 0.207 e. The number of imidazole rings is 1. The Bertz CT molecular complexity index is 856. The molecule has 4 rings (SSSR count). The van der Waals surface area contributed by atoms with E-state index < -0.39 is 0 Å². The first-order valence-corrected chi connectivity index (χ1v) is 8.98. The number of nitrogens with zero attached hydrogens (tertiary/aromatic N) is 4. The van der Waals surface area contributed by atoms with Crippen LogP contribution in [-0.2, 0) is 4.74 Å². The minimum absolute atomic E-state index is 0.644. The van der Waals surface area contributed by atoms with Crippen molar-refractivity contribution < 1.29 is 4.74 Å². The molecule has 1 saturated heterocycles. The van der Waals surface area contributed by atoms with E-state index >= 15 is 0 Å². The highest BCUT2D eigenvalue weighted by atomic mass is 16.5. The van der Waals surface area contributed by atoms with Gasteiger partial charge in [-0.3, -0.25) is 0 Å². The Hall–Kier alpha value is -2.87. The molecule has 3 aromatic rings. The largest absolute Gasteiger partial charge is 0.378 e. The van der Waals surface area contributed by atoms with E-state index in [1.54, 1.807) is 0 Å². The van der Waals surface area contributed by atoms with Gasteiger partial charge in [0.1, 0.15) is 11.8 Å². The lowest BCUT2D eigenvalue weighted by molar-refractivity contribution is 0.122. The number of nitrogens with one attached hydrogen (secondary N) is 3. The summed E-state index contributed by atoms with van der Waals surface area (Å²) in [6, 6.07) is 8.34. The number of H-pyrrole nitrogens is 1. The Morgan fingerprint density at radius 1 is 1.15 bits per heavy atom. The Labute approximate surface area is 152 Å². The highest BCUT2D eigenvalue weighted by molar-refractivity contribution is 5.84. The Kier molecular flexibility index (Phi) is 4.83. The zero-order valence-corrected chi connectivity index (χ0v) is 14.8. The van der Waals surface area contributed by atoms with E-state index in [2.05, 4.69) is 66.7 Å². The Balaban J connectivity index is 1.49. The van der Waals surface area contributed by atoms with Crippen LogP contribution in [0, 0.1) is 0 Å². The fraction of sp³-hybridized carbons (Fsp3) is 0.389. The number of aromatic nitrogens is 4. The molecule has 0 saturated carbocycles. The predicted octanol–water partition coefficient (Wildman–Crippen LogP) is 2.76. The van der Waals surface area contributed by atoms with Gasteiger partial charge in [0.2, 0.25) is 5.95 Å². The van der Waals surface area contributed by atoms with Crippen molar-refractivity contribution in [2.45, 2.75) is 13.3 Å². The molecule has 0 atom stereocenters. The predicted molar refractivity (Wildman–Crippen MR) is 103 cm³/mol. The first-order valence-electron chi connectivity index (χ1n) is 8.98. The molecule has 0 bridgehead atoms. The lowest BCUT2D eigenvalue weighted by Gasteiger charge is -2.28. The van der Waals surface area contributed by atoms with Crippen molar-refractivity contribution in [3.63, 3.8) is 0 Å². The van der Waals surface area contributed by atoms with Crippen LogP contribution in [0.1, 0.15) is 13.3 Å². The molecular weight excluding hydrogens is 330 g/mol. The molecule has 8 heteroatoms. The van der Waals surface area contributed by atoms with Crippen LogP contribution in [0.25, 0.3) is 11.2 Å². The number of hydrogen-bond acceptors (Lipinski definition) is 7. The third kappa shape index (κ3) is 3.55. The minimum atomic E-state index is 0.644. The molecule has 26 heavy (non-hydrogen) atoms. The summed E-state index contributed by atoms with van der Waals surface area (Å²) in [5, 5.41) is 6.59. The summed E-state index contributed by atoms with van der Waals surface area (Å²) in [6.45, 7) is 6.41. The van der Waals surface area contributed by atoms with Crippen molar-refractivity contribution in [2.75, 3.05) is 48.4 Å². The zero-order chi connectivity index (χ0) is 17.8. The van der Waals surface area contributed by atoms with Crippen LogP contribution in [0.15, 0.2) is 30.6 Å². The maximum absolute atomic E-state index is 5.40. The molecule has 0 radical (unpaired) electrons. The molecule has 0 spiro atoms. The molecule has 136 valence electrons. The summed E-state index contributed by atoms with van der Waals surface area (Å²) in [6.07, 6.45) is 2.56. The monoisotopic (exact) mass is 353 g/mol. The number of fused-ring (bicyclic) bond motifs is 1. The van der Waals surface area contributed by atoms with Crippen molar-refractivity contribution in [1.82, 2.24) is 19.9 Å². The van der Waals surface area contributed by atoms with Gasteiger partial charge < -0.3 is 25.3 Å². The van der Waals surface area contributed by atoms with E-state index in [9.17, 15) is 0 Å². The maximum Gasteiger partial charge on any atom is 0.207 e. The fourth-order valence-corrected chi connectivity index (χ4v) is 2.98. The number of morpholine rings is 1. The number of hydrogen-bond donors (Lipinski definition) is 3. The highest BCUT2D eigenvalue weighted by Gasteiger charge is 2.12. The minimum Gasteiger partial charge on any atom is -0.378 e. The van der Waals surface area contributed by atoms with Gasteiger partial charge in [0.05, 0.1) is 13.2 Å². The molecule has 3 heterocycles. The average Bonchev–Trinajstić information content (AvgIpc) is 3.10. The Morgan fingerprint density at radius 2 is 1.96 bits per heavy atom. The van der Waals surface area contributed by atoms with Crippen molar-refractivity contribution in [1.29, 1.82) is 0 Å². The Morgan fingerprint density at radius 3 is 2.73 bits per heavy atom. The molecular formula is C18H23N7O. The first kappa shape index (κ1) is 16.6. The third-order valence-electron chi connectivity index (χ3n) is 4.34. The second-order valence-electron chi connectivity index (χ2n) is 6.20. The second kappa shape index (κ2) is 7.57. The van der Waals surface area contributed by atoms with E-state index in [4.69, 9.17) is 4.74 Å². The summed E-state index contributed by atoms with van der Waals surface area (Å²) in [4.78, 5) is 18.6. The number of aromatic amines is 1.